The van der Waals surface area contributed by atoms with Crippen molar-refractivity contribution in [2.75, 3.05) is 19.4 Å². The van der Waals surface area contributed by atoms with Gasteiger partial charge in [-0.2, -0.15) is 0 Å². The van der Waals surface area contributed by atoms with Crippen molar-refractivity contribution in [3.05, 3.63) is 29.3 Å². The van der Waals surface area contributed by atoms with Crippen molar-refractivity contribution in [1.82, 2.24) is 0 Å². The number of hydrogen-bond donors (Lipinski definition) is 2. The maximum Gasteiger partial charge on any atom is 0.330 e. The fourth-order valence-corrected chi connectivity index (χ4v) is 5.92. The topological polar surface area (TPSA) is 122 Å². The van der Waals surface area contributed by atoms with E-state index in [1.807, 2.05) is 26.0 Å². The Bertz CT molecular complexity index is 900. The van der Waals surface area contributed by atoms with Crippen LogP contribution in [-0.4, -0.2) is 47.2 Å². The Morgan fingerprint density at radius 1 is 0.941 bits per heavy atom. The van der Waals surface area contributed by atoms with Gasteiger partial charge in [0.1, 0.15) is 0 Å². The van der Waals surface area contributed by atoms with Crippen LogP contribution in [0.5, 0.6) is 0 Å². The summed E-state index contributed by atoms with van der Waals surface area (Å²) in [7, 11) is -3.39. The molecule has 1 aliphatic heterocycles. The number of hydrogen-bond acceptors (Lipinski definition) is 6. The molecule has 0 fully saturated rings. The summed E-state index contributed by atoms with van der Waals surface area (Å²) in [5, 5.41) is 17.5. The van der Waals surface area contributed by atoms with Gasteiger partial charge in [0.15, 0.2) is 0 Å². The van der Waals surface area contributed by atoms with E-state index in [-0.39, 0.29) is 37.6 Å². The van der Waals surface area contributed by atoms with Crippen LogP contribution < -0.4 is 0 Å². The van der Waals surface area contributed by atoms with Gasteiger partial charge in [-0.3, -0.25) is 19.1 Å². The molecule has 2 N–H and O–H groups in total. The van der Waals surface area contributed by atoms with Gasteiger partial charge in [-0.25, -0.2) is 0 Å². The van der Waals surface area contributed by atoms with Gasteiger partial charge in [0.2, 0.25) is 0 Å². The number of carboxylic acid groups (broad SMARTS) is 2. The second kappa shape index (κ2) is 13.2. The minimum absolute atomic E-state index is 0.111. The van der Waals surface area contributed by atoms with E-state index in [9.17, 15) is 14.2 Å². The number of rotatable bonds is 17. The second-order valence-corrected chi connectivity index (χ2v) is 11.4. The Morgan fingerprint density at radius 3 is 2.03 bits per heavy atom. The summed E-state index contributed by atoms with van der Waals surface area (Å²) in [5.41, 5.74) is 3.83. The average molecular weight is 496 g/mol. The Kier molecular flexibility index (Phi) is 10.9. The zero-order valence-electron chi connectivity index (χ0n) is 20.5. The van der Waals surface area contributed by atoms with E-state index in [1.54, 1.807) is 0 Å². The number of nitrogens with zero attached hydrogens (tertiary/aromatic N) is 1. The number of carbonyl (C=O) groups is 2. The van der Waals surface area contributed by atoms with Crippen molar-refractivity contribution in [2.24, 2.45) is 4.99 Å². The van der Waals surface area contributed by atoms with Crippen LogP contribution in [-0.2, 0) is 28.6 Å². The van der Waals surface area contributed by atoms with E-state index in [1.165, 1.54) is 0 Å². The number of aliphatic imine (C=N–C) groups is 1. The Balaban J connectivity index is 1.97. The largest absolute Gasteiger partial charge is 0.481 e. The molecule has 0 amide bonds. The highest BCUT2D eigenvalue weighted by atomic mass is 31.2. The lowest BCUT2D eigenvalue weighted by atomic mass is 9.77. The highest BCUT2D eigenvalue weighted by molar-refractivity contribution is 7.53. The maximum absolute atomic E-state index is 13.6. The first-order chi connectivity index (χ1) is 16.1. The van der Waals surface area contributed by atoms with E-state index < -0.39 is 19.5 Å². The molecule has 0 bridgehead atoms. The van der Waals surface area contributed by atoms with Gasteiger partial charge in [-0.05, 0) is 57.6 Å². The fraction of sp³-hybridized carbons (Fsp3) is 0.640. The van der Waals surface area contributed by atoms with E-state index in [4.69, 9.17) is 24.3 Å². The molecule has 0 aliphatic carbocycles. The molecule has 34 heavy (non-hydrogen) atoms. The fourth-order valence-electron chi connectivity index (χ4n) is 4.05. The van der Waals surface area contributed by atoms with Gasteiger partial charge in [-0.1, -0.05) is 37.5 Å². The van der Waals surface area contributed by atoms with Crippen molar-refractivity contribution >= 4 is 30.9 Å². The number of fused-ring (bicyclic) bond motifs is 1. The van der Waals surface area contributed by atoms with Gasteiger partial charge in [0, 0.05) is 24.0 Å². The van der Waals surface area contributed by atoms with Crippen molar-refractivity contribution in [1.29, 1.82) is 0 Å². The van der Waals surface area contributed by atoms with Crippen LogP contribution in [0.3, 0.4) is 0 Å². The molecule has 1 atom stereocenters. The number of benzene rings is 1. The summed E-state index contributed by atoms with van der Waals surface area (Å²) < 4.78 is 25.2. The first-order valence-electron chi connectivity index (χ1n) is 12.0. The number of aryl methyl sites for hydroxylation is 1. The van der Waals surface area contributed by atoms with Crippen molar-refractivity contribution < 1.29 is 33.4 Å². The van der Waals surface area contributed by atoms with E-state index in [2.05, 4.69) is 13.0 Å². The van der Waals surface area contributed by atoms with Crippen molar-refractivity contribution in [3.8, 4) is 0 Å². The van der Waals surface area contributed by atoms with Gasteiger partial charge in [0.25, 0.3) is 0 Å². The standard InChI is InChI=1S/C25H38NO7P/c1-19-12-13-22-21(18-19)25(3,20(2)26-22)14-17-34(31,32-15-8-4-6-10-23(27)28)33-16-9-5-7-11-24(29)30/h12-13,18H,4-11,14-17H2,1-3H3,(H,27,28)(H,29,30). The third kappa shape index (κ3) is 8.64. The van der Waals surface area contributed by atoms with Crippen LogP contribution in [0.4, 0.5) is 5.69 Å². The van der Waals surface area contributed by atoms with Crippen LogP contribution in [0.1, 0.15) is 82.8 Å². The molecule has 1 aromatic rings. The highest BCUT2D eigenvalue weighted by Gasteiger charge is 2.39. The van der Waals surface area contributed by atoms with Crippen LogP contribution >= 0.6 is 7.60 Å². The summed E-state index contributed by atoms with van der Waals surface area (Å²) in [4.78, 5) is 26.0. The molecule has 0 radical (unpaired) electrons. The predicted octanol–water partition coefficient (Wildman–Crippen LogP) is 6.27. The summed E-state index contributed by atoms with van der Waals surface area (Å²) in [6.45, 7) is 6.64. The third-order valence-electron chi connectivity index (χ3n) is 6.36. The van der Waals surface area contributed by atoms with E-state index >= 15 is 0 Å². The maximum atomic E-state index is 13.6. The summed E-state index contributed by atoms with van der Waals surface area (Å²) in [6.07, 6.45) is 4.71. The third-order valence-corrected chi connectivity index (χ3v) is 8.29. The SMILES string of the molecule is CC1=Nc2ccc(C)cc2C1(C)CCP(=O)(OCCCCCC(=O)O)OCCCCCC(=O)O. The quantitative estimate of drug-likeness (QED) is 0.193. The van der Waals surface area contributed by atoms with Crippen molar-refractivity contribution in [2.45, 2.75) is 84.0 Å². The van der Waals surface area contributed by atoms with Gasteiger partial charge < -0.3 is 19.3 Å². The van der Waals surface area contributed by atoms with Crippen molar-refractivity contribution in [3.63, 3.8) is 0 Å². The first kappa shape index (κ1) is 28.2. The molecule has 1 unspecified atom stereocenters. The van der Waals surface area contributed by atoms with E-state index in [0.717, 1.165) is 22.5 Å². The highest BCUT2D eigenvalue weighted by Crippen LogP contribution is 2.53. The van der Waals surface area contributed by atoms with Gasteiger partial charge >= 0.3 is 19.5 Å². The molecule has 1 aromatic carbocycles. The molecule has 0 saturated heterocycles. The lowest BCUT2D eigenvalue weighted by Gasteiger charge is -2.28. The van der Waals surface area contributed by atoms with Gasteiger partial charge in [0.05, 0.1) is 25.1 Å². The Morgan fingerprint density at radius 2 is 1.50 bits per heavy atom. The molecule has 0 aromatic heterocycles. The van der Waals surface area contributed by atoms with E-state index in [0.29, 0.717) is 44.9 Å². The summed E-state index contributed by atoms with van der Waals surface area (Å²) in [5.74, 6) is -1.65. The summed E-state index contributed by atoms with van der Waals surface area (Å²) >= 11 is 0. The van der Waals surface area contributed by atoms with Crippen LogP contribution in [0.15, 0.2) is 23.2 Å². The average Bonchev–Trinajstić information content (AvgIpc) is 3.01. The van der Waals surface area contributed by atoms with Gasteiger partial charge in [-0.15, -0.1) is 0 Å². The lowest BCUT2D eigenvalue weighted by molar-refractivity contribution is -0.138. The Hall–Kier alpha value is -2.02. The monoisotopic (exact) mass is 495 g/mol. The van der Waals surface area contributed by atoms with Crippen LogP contribution in [0.25, 0.3) is 0 Å². The molecule has 2 rings (SSSR count). The molecule has 190 valence electrons. The minimum atomic E-state index is -3.39. The molecule has 9 heteroatoms. The number of carboxylic acids is 2. The number of aliphatic carboxylic acids is 2. The molecular weight excluding hydrogens is 457 g/mol. The first-order valence-corrected chi connectivity index (χ1v) is 13.8. The number of unbranched alkanes of at least 4 members (excludes halogenated alkanes) is 4. The molecule has 8 nitrogen and oxygen atoms in total. The molecule has 1 heterocycles. The lowest BCUT2D eigenvalue weighted by Crippen LogP contribution is -2.29. The van der Waals surface area contributed by atoms with Crippen LogP contribution in [0.2, 0.25) is 0 Å². The minimum Gasteiger partial charge on any atom is -0.481 e. The zero-order valence-corrected chi connectivity index (χ0v) is 21.4. The molecule has 1 aliphatic rings. The molecular formula is C25H38NO7P. The zero-order chi connectivity index (χ0) is 25.2. The molecule has 0 saturated carbocycles. The summed E-state index contributed by atoms with van der Waals surface area (Å²) in [6, 6.07) is 6.18. The Labute approximate surface area is 202 Å². The predicted molar refractivity (Wildman–Crippen MR) is 133 cm³/mol. The molecule has 0 spiro atoms. The smallest absolute Gasteiger partial charge is 0.330 e. The normalized spacial score (nSPS) is 17.4. The van der Waals surface area contributed by atoms with Crippen LogP contribution in [0, 0.1) is 6.92 Å². The second-order valence-electron chi connectivity index (χ2n) is 9.21.